The maximum atomic E-state index is 11.2. The van der Waals surface area contributed by atoms with Crippen LogP contribution in [0.1, 0.15) is 17.2 Å². The lowest BCUT2D eigenvalue weighted by atomic mass is 10.0. The number of carbonyl (C=O) groups excluding carboxylic acids is 1. The molecule has 2 N–H and O–H groups in total. The molecule has 0 radical (unpaired) electrons. The Hall–Kier alpha value is -1.79. The molecule has 0 bridgehead atoms. The number of ether oxygens (including phenoxy) is 2. The Morgan fingerprint density at radius 1 is 1.08 bits per heavy atom. The topological polar surface area (TPSA) is 76.0 Å². The van der Waals surface area contributed by atoms with Crippen LogP contribution in [0.3, 0.4) is 0 Å². The number of methoxy groups -OCH3 is 1. The summed E-state index contributed by atoms with van der Waals surface area (Å²) in [7, 11) is 1.14. The van der Waals surface area contributed by atoms with Crippen molar-refractivity contribution in [2.75, 3.05) is 7.11 Å². The van der Waals surface area contributed by atoms with E-state index < -0.39 is 18.2 Å². The van der Waals surface area contributed by atoms with Gasteiger partial charge in [-0.05, 0) is 35.4 Å². The van der Waals surface area contributed by atoms with Crippen LogP contribution in [0.4, 0.5) is 0 Å². The molecule has 0 amide bonds. The van der Waals surface area contributed by atoms with E-state index in [0.29, 0.717) is 28.0 Å². The van der Waals surface area contributed by atoms with Crippen molar-refractivity contribution in [1.29, 1.82) is 0 Å². The van der Waals surface area contributed by atoms with Gasteiger partial charge in [0.25, 0.3) is 0 Å². The van der Waals surface area contributed by atoms with Crippen molar-refractivity contribution >= 4 is 29.2 Å². The first-order valence-corrected chi connectivity index (χ1v) is 7.78. The predicted octanol–water partition coefficient (Wildman–Crippen LogP) is 3.14. The lowest BCUT2D eigenvalue weighted by molar-refractivity contribution is -0.156. The maximum absolute atomic E-state index is 11.2. The van der Waals surface area contributed by atoms with Gasteiger partial charge in [0.05, 0.1) is 17.2 Å². The summed E-state index contributed by atoms with van der Waals surface area (Å²) >= 11 is 11.8. The first-order chi connectivity index (χ1) is 11.4. The third-order valence-electron chi connectivity index (χ3n) is 3.35. The van der Waals surface area contributed by atoms with Crippen LogP contribution in [0.2, 0.25) is 10.0 Å². The summed E-state index contributed by atoms with van der Waals surface area (Å²) < 4.78 is 10.0. The van der Waals surface area contributed by atoms with E-state index in [4.69, 9.17) is 27.9 Å². The number of aliphatic hydroxyl groups excluding tert-OH is 2. The van der Waals surface area contributed by atoms with Crippen molar-refractivity contribution in [2.45, 2.75) is 18.8 Å². The molecule has 7 heteroatoms. The second-order valence-corrected chi connectivity index (χ2v) is 5.83. The van der Waals surface area contributed by atoms with Crippen molar-refractivity contribution < 1.29 is 24.5 Å². The molecular weight excluding hydrogens is 355 g/mol. The van der Waals surface area contributed by atoms with E-state index in [2.05, 4.69) is 4.74 Å². The minimum Gasteiger partial charge on any atom is -0.489 e. The normalized spacial score (nSPS) is 13.2. The molecule has 0 aromatic heterocycles. The molecule has 24 heavy (non-hydrogen) atoms. The first kappa shape index (κ1) is 18.5. The molecule has 2 aromatic rings. The standard InChI is InChI=1S/C17H16Cl2O5/c1-23-17(22)16(21)15(20)11-3-5-12(6-4-11)24-9-10-2-7-13(18)14(19)8-10/h2-8,15-16,20-21H,9H2,1H3. The first-order valence-electron chi connectivity index (χ1n) is 7.03. The molecule has 0 aliphatic heterocycles. The molecular formula is C17H16Cl2O5. The van der Waals surface area contributed by atoms with Crippen LogP contribution in [0.25, 0.3) is 0 Å². The summed E-state index contributed by atoms with van der Waals surface area (Å²) in [6, 6.07) is 11.6. The van der Waals surface area contributed by atoms with Crippen LogP contribution < -0.4 is 4.74 Å². The van der Waals surface area contributed by atoms with E-state index in [9.17, 15) is 15.0 Å². The minimum absolute atomic E-state index is 0.295. The van der Waals surface area contributed by atoms with E-state index >= 15 is 0 Å². The van der Waals surface area contributed by atoms with Gasteiger partial charge in [-0.3, -0.25) is 0 Å². The fraction of sp³-hybridized carbons (Fsp3) is 0.235. The Balaban J connectivity index is 1.99. The van der Waals surface area contributed by atoms with E-state index in [0.717, 1.165) is 12.7 Å². The zero-order valence-electron chi connectivity index (χ0n) is 12.8. The van der Waals surface area contributed by atoms with Gasteiger partial charge in [-0.25, -0.2) is 4.79 Å². The SMILES string of the molecule is COC(=O)C(O)C(O)c1ccc(OCc2ccc(Cl)c(Cl)c2)cc1. The summed E-state index contributed by atoms with van der Waals surface area (Å²) in [4.78, 5) is 11.2. The maximum Gasteiger partial charge on any atom is 0.337 e. The molecule has 128 valence electrons. The fourth-order valence-corrected chi connectivity index (χ4v) is 2.31. The average molecular weight is 371 g/mol. The van der Waals surface area contributed by atoms with Gasteiger partial charge in [-0.2, -0.15) is 0 Å². The number of halogens is 2. The molecule has 0 spiro atoms. The van der Waals surface area contributed by atoms with Crippen molar-refractivity contribution in [3.05, 3.63) is 63.6 Å². The van der Waals surface area contributed by atoms with Gasteiger partial charge in [0.15, 0.2) is 6.10 Å². The van der Waals surface area contributed by atoms with Crippen LogP contribution in [0.15, 0.2) is 42.5 Å². The number of aliphatic hydroxyl groups is 2. The molecule has 5 nitrogen and oxygen atoms in total. The molecule has 0 saturated heterocycles. The Morgan fingerprint density at radius 3 is 2.33 bits per heavy atom. The number of esters is 1. The number of benzene rings is 2. The molecule has 0 saturated carbocycles. The van der Waals surface area contributed by atoms with E-state index in [1.165, 1.54) is 0 Å². The number of carbonyl (C=O) groups is 1. The highest BCUT2D eigenvalue weighted by Gasteiger charge is 2.26. The predicted molar refractivity (Wildman–Crippen MR) is 90.2 cm³/mol. The highest BCUT2D eigenvalue weighted by Crippen LogP contribution is 2.24. The Labute approximate surface area is 149 Å². The van der Waals surface area contributed by atoms with Gasteiger partial charge in [-0.1, -0.05) is 41.4 Å². The zero-order chi connectivity index (χ0) is 17.7. The molecule has 2 rings (SSSR count). The molecule has 2 aromatic carbocycles. The number of rotatable bonds is 6. The quantitative estimate of drug-likeness (QED) is 0.763. The Bertz CT molecular complexity index is 703. The van der Waals surface area contributed by atoms with Crippen LogP contribution in [0.5, 0.6) is 5.75 Å². The van der Waals surface area contributed by atoms with E-state index in [1.54, 1.807) is 42.5 Å². The summed E-state index contributed by atoms with van der Waals surface area (Å²) in [5.41, 5.74) is 1.23. The number of hydrogen-bond donors (Lipinski definition) is 2. The highest BCUT2D eigenvalue weighted by atomic mass is 35.5. The van der Waals surface area contributed by atoms with Crippen molar-refractivity contribution in [3.8, 4) is 5.75 Å². The largest absolute Gasteiger partial charge is 0.489 e. The molecule has 0 heterocycles. The molecule has 0 aliphatic rings. The second-order valence-electron chi connectivity index (χ2n) is 5.02. The Morgan fingerprint density at radius 2 is 1.75 bits per heavy atom. The van der Waals surface area contributed by atoms with Gasteiger partial charge in [0.2, 0.25) is 0 Å². The van der Waals surface area contributed by atoms with Crippen LogP contribution in [-0.2, 0) is 16.1 Å². The Kier molecular flexibility index (Phi) is 6.45. The lowest BCUT2D eigenvalue weighted by Crippen LogP contribution is -2.28. The summed E-state index contributed by atoms with van der Waals surface area (Å²) in [5.74, 6) is -0.341. The van der Waals surface area contributed by atoms with Gasteiger partial charge in [0.1, 0.15) is 18.5 Å². The third kappa shape index (κ3) is 4.61. The molecule has 2 atom stereocenters. The third-order valence-corrected chi connectivity index (χ3v) is 4.09. The highest BCUT2D eigenvalue weighted by molar-refractivity contribution is 6.42. The summed E-state index contributed by atoms with van der Waals surface area (Å²) in [6.45, 7) is 0.295. The smallest absolute Gasteiger partial charge is 0.337 e. The van der Waals surface area contributed by atoms with Gasteiger partial charge < -0.3 is 19.7 Å². The van der Waals surface area contributed by atoms with Crippen molar-refractivity contribution in [1.82, 2.24) is 0 Å². The fourth-order valence-electron chi connectivity index (χ4n) is 1.99. The van der Waals surface area contributed by atoms with Gasteiger partial charge >= 0.3 is 5.97 Å². The lowest BCUT2D eigenvalue weighted by Gasteiger charge is -2.16. The van der Waals surface area contributed by atoms with E-state index in [1.807, 2.05) is 0 Å². The van der Waals surface area contributed by atoms with E-state index in [-0.39, 0.29) is 0 Å². The molecule has 0 fully saturated rings. The monoisotopic (exact) mass is 370 g/mol. The van der Waals surface area contributed by atoms with Crippen LogP contribution >= 0.6 is 23.2 Å². The van der Waals surface area contributed by atoms with Crippen molar-refractivity contribution in [3.63, 3.8) is 0 Å². The van der Waals surface area contributed by atoms with Crippen molar-refractivity contribution in [2.24, 2.45) is 0 Å². The van der Waals surface area contributed by atoms with Gasteiger partial charge in [-0.15, -0.1) is 0 Å². The van der Waals surface area contributed by atoms with Gasteiger partial charge in [0, 0.05) is 0 Å². The summed E-state index contributed by atoms with van der Waals surface area (Å²) in [5, 5.41) is 20.5. The van der Waals surface area contributed by atoms with Crippen LogP contribution in [0, 0.1) is 0 Å². The zero-order valence-corrected chi connectivity index (χ0v) is 14.3. The number of hydrogen-bond acceptors (Lipinski definition) is 5. The second kappa shape index (κ2) is 8.35. The summed E-state index contributed by atoms with van der Waals surface area (Å²) in [6.07, 6.45) is -3.01. The minimum atomic E-state index is -1.64. The molecule has 0 aliphatic carbocycles. The van der Waals surface area contributed by atoms with Crippen LogP contribution in [-0.4, -0.2) is 29.4 Å². The molecule has 2 unspecified atom stereocenters. The average Bonchev–Trinajstić information content (AvgIpc) is 2.61.